The van der Waals surface area contributed by atoms with Gasteiger partial charge in [-0.1, -0.05) is 0 Å². The van der Waals surface area contributed by atoms with Crippen LogP contribution >= 0.6 is 15.9 Å². The van der Waals surface area contributed by atoms with Gasteiger partial charge in [-0.15, -0.1) is 0 Å². The first-order chi connectivity index (χ1) is 8.97. The summed E-state index contributed by atoms with van der Waals surface area (Å²) >= 11 is 3.24. The van der Waals surface area contributed by atoms with Crippen molar-refractivity contribution in [3.05, 3.63) is 45.7 Å². The maximum absolute atomic E-state index is 13.2. The fourth-order valence-electron chi connectivity index (χ4n) is 1.61. The minimum Gasteiger partial charge on any atom is -0.334 e. The molecule has 0 fully saturated rings. The van der Waals surface area contributed by atoms with Crippen LogP contribution in [0.5, 0.6) is 0 Å². The summed E-state index contributed by atoms with van der Waals surface area (Å²) in [6.45, 7) is 2.04. The van der Waals surface area contributed by atoms with E-state index in [2.05, 4.69) is 31.1 Å². The summed E-state index contributed by atoms with van der Waals surface area (Å²) < 4.78 is 13.7. The van der Waals surface area contributed by atoms with Crippen LogP contribution in [0.3, 0.4) is 0 Å². The van der Waals surface area contributed by atoms with Crippen LogP contribution in [0.1, 0.15) is 22.0 Å². The van der Waals surface area contributed by atoms with Crippen molar-refractivity contribution in [3.63, 3.8) is 0 Å². The molecule has 1 amide bonds. The summed E-state index contributed by atoms with van der Waals surface area (Å²) in [6, 6.07) is 4.00. The van der Waals surface area contributed by atoms with Crippen molar-refractivity contribution in [1.29, 1.82) is 0 Å². The van der Waals surface area contributed by atoms with Gasteiger partial charge in [-0.3, -0.25) is 9.89 Å². The van der Waals surface area contributed by atoms with Gasteiger partial charge in [0.2, 0.25) is 0 Å². The molecule has 1 heterocycles. The average molecular weight is 327 g/mol. The number of benzene rings is 1. The van der Waals surface area contributed by atoms with E-state index in [1.165, 1.54) is 23.1 Å². The van der Waals surface area contributed by atoms with Gasteiger partial charge in [0.25, 0.3) is 5.91 Å². The first-order valence-electron chi connectivity index (χ1n) is 5.56. The standard InChI is InChI=1S/C12H12BrFN4O/c1-7-15-11(17-16-7)6-18(2)12(19)9-5-8(14)3-4-10(9)13/h3-5H,6H2,1-2H3,(H,15,16,17). The zero-order valence-electron chi connectivity index (χ0n) is 10.4. The molecule has 1 aromatic heterocycles. The van der Waals surface area contributed by atoms with Crippen molar-refractivity contribution in [1.82, 2.24) is 20.1 Å². The van der Waals surface area contributed by atoms with Gasteiger partial charge < -0.3 is 4.90 Å². The highest BCUT2D eigenvalue weighted by molar-refractivity contribution is 9.10. The molecule has 0 bridgehead atoms. The number of rotatable bonds is 3. The third-order valence-corrected chi connectivity index (χ3v) is 3.22. The minimum atomic E-state index is -0.450. The Kier molecular flexibility index (Phi) is 3.94. The first-order valence-corrected chi connectivity index (χ1v) is 6.35. The van der Waals surface area contributed by atoms with Crippen LogP contribution in [0, 0.1) is 12.7 Å². The molecular formula is C12H12BrFN4O. The van der Waals surface area contributed by atoms with E-state index in [1.807, 2.05) is 0 Å². The molecule has 0 spiro atoms. The van der Waals surface area contributed by atoms with Crippen molar-refractivity contribution in [2.45, 2.75) is 13.5 Å². The Balaban J connectivity index is 2.16. The van der Waals surface area contributed by atoms with Crippen LogP contribution in [-0.2, 0) is 6.54 Å². The normalized spacial score (nSPS) is 10.5. The highest BCUT2D eigenvalue weighted by Crippen LogP contribution is 2.19. The Morgan fingerprint density at radius 2 is 2.26 bits per heavy atom. The van der Waals surface area contributed by atoms with Gasteiger partial charge >= 0.3 is 0 Å². The maximum atomic E-state index is 13.2. The summed E-state index contributed by atoms with van der Waals surface area (Å²) in [5, 5.41) is 6.66. The van der Waals surface area contributed by atoms with Gasteiger partial charge in [0.05, 0.1) is 12.1 Å². The molecule has 100 valence electrons. The van der Waals surface area contributed by atoms with Crippen LogP contribution in [0.25, 0.3) is 0 Å². The lowest BCUT2D eigenvalue weighted by Gasteiger charge is -2.16. The van der Waals surface area contributed by atoms with Crippen LogP contribution in [0.2, 0.25) is 0 Å². The molecule has 1 aromatic carbocycles. The van der Waals surface area contributed by atoms with Gasteiger partial charge in [0, 0.05) is 11.5 Å². The minimum absolute atomic E-state index is 0.256. The smallest absolute Gasteiger partial charge is 0.255 e. The second kappa shape index (κ2) is 5.48. The molecule has 5 nitrogen and oxygen atoms in total. The van der Waals surface area contributed by atoms with Crippen molar-refractivity contribution < 1.29 is 9.18 Å². The lowest BCUT2D eigenvalue weighted by Crippen LogP contribution is -2.27. The largest absolute Gasteiger partial charge is 0.334 e. The van der Waals surface area contributed by atoms with Crippen molar-refractivity contribution in [2.24, 2.45) is 0 Å². The van der Waals surface area contributed by atoms with E-state index in [9.17, 15) is 9.18 Å². The molecule has 0 aliphatic heterocycles. The highest BCUT2D eigenvalue weighted by Gasteiger charge is 2.17. The molecule has 0 aliphatic rings. The van der Waals surface area contributed by atoms with Crippen LogP contribution in [0.4, 0.5) is 4.39 Å². The van der Waals surface area contributed by atoms with E-state index in [0.717, 1.165) is 0 Å². The number of hydrogen-bond donors (Lipinski definition) is 1. The Bertz CT molecular complexity index is 614. The van der Waals surface area contributed by atoms with Crippen molar-refractivity contribution >= 4 is 21.8 Å². The molecule has 19 heavy (non-hydrogen) atoms. The van der Waals surface area contributed by atoms with Gasteiger partial charge in [-0.2, -0.15) is 5.10 Å². The number of halogens is 2. The molecule has 0 saturated heterocycles. The number of nitrogens with one attached hydrogen (secondary N) is 1. The third kappa shape index (κ3) is 3.17. The molecule has 0 atom stereocenters. The first kappa shape index (κ1) is 13.7. The Hall–Kier alpha value is -1.76. The zero-order valence-corrected chi connectivity index (χ0v) is 12.0. The number of nitrogens with zero attached hydrogens (tertiary/aromatic N) is 3. The van der Waals surface area contributed by atoms with Crippen molar-refractivity contribution in [3.8, 4) is 0 Å². The summed E-state index contributed by atoms with van der Waals surface area (Å²) in [6.07, 6.45) is 0. The lowest BCUT2D eigenvalue weighted by atomic mass is 10.2. The van der Waals surface area contributed by atoms with Gasteiger partial charge in [-0.25, -0.2) is 9.37 Å². The molecule has 0 radical (unpaired) electrons. The second-order valence-electron chi connectivity index (χ2n) is 4.12. The predicted octanol–water partition coefficient (Wildman–Crippen LogP) is 2.29. The molecule has 0 aliphatic carbocycles. The molecule has 2 aromatic rings. The van der Waals surface area contributed by atoms with E-state index in [-0.39, 0.29) is 18.0 Å². The SMILES string of the molecule is Cc1nc(CN(C)C(=O)c2cc(F)ccc2Br)n[nH]1. The van der Waals surface area contributed by atoms with E-state index in [1.54, 1.807) is 14.0 Å². The summed E-state index contributed by atoms with van der Waals surface area (Å²) in [4.78, 5) is 17.7. The number of aromatic amines is 1. The number of aryl methyl sites for hydroxylation is 1. The molecule has 7 heteroatoms. The third-order valence-electron chi connectivity index (χ3n) is 2.53. The number of carbonyl (C=O) groups excluding carboxylic acids is 1. The Morgan fingerprint density at radius 1 is 1.53 bits per heavy atom. The fraction of sp³-hybridized carbons (Fsp3) is 0.250. The fourth-order valence-corrected chi connectivity index (χ4v) is 2.03. The summed E-state index contributed by atoms with van der Waals surface area (Å²) in [5.41, 5.74) is 0.273. The number of aromatic nitrogens is 3. The second-order valence-corrected chi connectivity index (χ2v) is 4.98. The van der Waals surface area contributed by atoms with Crippen LogP contribution < -0.4 is 0 Å². The quantitative estimate of drug-likeness (QED) is 0.941. The Labute approximate surface area is 118 Å². The molecule has 0 saturated carbocycles. The predicted molar refractivity (Wildman–Crippen MR) is 71.0 cm³/mol. The van der Waals surface area contributed by atoms with Crippen LogP contribution in [0.15, 0.2) is 22.7 Å². The maximum Gasteiger partial charge on any atom is 0.255 e. The van der Waals surface area contributed by atoms with E-state index in [4.69, 9.17) is 0 Å². The van der Waals surface area contributed by atoms with Gasteiger partial charge in [-0.05, 0) is 41.1 Å². The van der Waals surface area contributed by atoms with E-state index >= 15 is 0 Å². The monoisotopic (exact) mass is 326 g/mol. The summed E-state index contributed by atoms with van der Waals surface area (Å²) in [5.74, 6) is 0.450. The van der Waals surface area contributed by atoms with Crippen molar-refractivity contribution in [2.75, 3.05) is 7.05 Å². The van der Waals surface area contributed by atoms with Gasteiger partial charge in [0.15, 0.2) is 5.82 Å². The molecule has 2 rings (SSSR count). The molecular weight excluding hydrogens is 315 g/mol. The highest BCUT2D eigenvalue weighted by atomic mass is 79.9. The molecule has 0 unspecified atom stereocenters. The average Bonchev–Trinajstić information content (AvgIpc) is 2.77. The topological polar surface area (TPSA) is 61.9 Å². The van der Waals surface area contributed by atoms with Gasteiger partial charge in [0.1, 0.15) is 11.6 Å². The van der Waals surface area contributed by atoms with E-state index in [0.29, 0.717) is 16.1 Å². The number of hydrogen-bond acceptors (Lipinski definition) is 3. The number of H-pyrrole nitrogens is 1. The van der Waals surface area contributed by atoms with E-state index < -0.39 is 5.82 Å². The lowest BCUT2D eigenvalue weighted by molar-refractivity contribution is 0.0780. The zero-order chi connectivity index (χ0) is 14.0. The number of amides is 1. The summed E-state index contributed by atoms with van der Waals surface area (Å²) in [7, 11) is 1.62. The molecule has 1 N–H and O–H groups in total. The van der Waals surface area contributed by atoms with Crippen LogP contribution in [-0.4, -0.2) is 33.0 Å². The Morgan fingerprint density at radius 3 is 2.89 bits per heavy atom. The number of carbonyl (C=O) groups is 1.